The van der Waals surface area contributed by atoms with E-state index in [4.69, 9.17) is 16.9 Å². The first-order valence-electron chi connectivity index (χ1n) is 7.17. The molecule has 1 amide bonds. The van der Waals surface area contributed by atoms with Gasteiger partial charge in [0.2, 0.25) is 5.91 Å². The van der Waals surface area contributed by atoms with Gasteiger partial charge < -0.3 is 4.90 Å². The Labute approximate surface area is 134 Å². The third kappa shape index (κ3) is 2.84. The van der Waals surface area contributed by atoms with Gasteiger partial charge in [0, 0.05) is 11.6 Å². The summed E-state index contributed by atoms with van der Waals surface area (Å²) in [5, 5.41) is 9.52. The Bertz CT molecular complexity index is 736. The molecule has 0 saturated heterocycles. The van der Waals surface area contributed by atoms with Crippen molar-refractivity contribution < 1.29 is 4.79 Å². The Morgan fingerprint density at radius 1 is 1.23 bits per heavy atom. The highest BCUT2D eigenvalue weighted by molar-refractivity contribution is 6.30. The van der Waals surface area contributed by atoms with E-state index in [2.05, 4.69) is 0 Å². The molecule has 0 saturated carbocycles. The van der Waals surface area contributed by atoms with Crippen LogP contribution in [0.25, 0.3) is 0 Å². The largest absolute Gasteiger partial charge is 0.330 e. The maximum atomic E-state index is 12.3. The van der Waals surface area contributed by atoms with Crippen LogP contribution < -0.4 is 0 Å². The van der Waals surface area contributed by atoms with Crippen molar-refractivity contribution in [3.8, 4) is 6.07 Å². The van der Waals surface area contributed by atoms with Gasteiger partial charge in [0.25, 0.3) is 0 Å². The van der Waals surface area contributed by atoms with Crippen molar-refractivity contribution in [1.29, 1.82) is 5.26 Å². The molecule has 0 radical (unpaired) electrons. The Morgan fingerprint density at radius 2 is 2.00 bits per heavy atom. The zero-order valence-corrected chi connectivity index (χ0v) is 12.8. The number of carbonyl (C=O) groups is 1. The van der Waals surface area contributed by atoms with Gasteiger partial charge >= 0.3 is 0 Å². The first kappa shape index (κ1) is 14.6. The van der Waals surface area contributed by atoms with Crippen molar-refractivity contribution in [2.24, 2.45) is 0 Å². The number of nitriles is 1. The van der Waals surface area contributed by atoms with E-state index in [1.165, 1.54) is 5.56 Å². The number of hydrogen-bond acceptors (Lipinski definition) is 2. The smallest absolute Gasteiger partial charge is 0.237 e. The summed E-state index contributed by atoms with van der Waals surface area (Å²) in [5.41, 5.74) is 3.36. The van der Waals surface area contributed by atoms with Gasteiger partial charge in [-0.3, -0.25) is 4.79 Å². The third-order valence-electron chi connectivity index (χ3n) is 4.03. The normalized spacial score (nSPS) is 16.7. The quantitative estimate of drug-likeness (QED) is 0.845. The van der Waals surface area contributed by atoms with Gasteiger partial charge in [-0.2, -0.15) is 5.26 Å². The molecule has 0 fully saturated rings. The highest BCUT2D eigenvalue weighted by atomic mass is 35.5. The van der Waals surface area contributed by atoms with E-state index < -0.39 is 0 Å². The summed E-state index contributed by atoms with van der Waals surface area (Å²) in [6.07, 6.45) is 0.646. The average Bonchev–Trinajstić information content (AvgIpc) is 2.54. The predicted molar refractivity (Wildman–Crippen MR) is 85.1 cm³/mol. The molecule has 2 aromatic rings. The molecule has 1 aliphatic heterocycles. The number of benzene rings is 2. The molecule has 1 aliphatic rings. The van der Waals surface area contributed by atoms with Crippen LogP contribution in [0.1, 0.15) is 29.2 Å². The lowest BCUT2D eigenvalue weighted by Crippen LogP contribution is -2.38. The molecule has 0 N–H and O–H groups in total. The van der Waals surface area contributed by atoms with Gasteiger partial charge in [-0.05, 0) is 35.2 Å². The molecule has 3 nitrogen and oxygen atoms in total. The number of rotatable bonds is 2. The van der Waals surface area contributed by atoms with Crippen LogP contribution in [0.5, 0.6) is 0 Å². The minimum absolute atomic E-state index is 0.0317. The molecule has 2 aromatic carbocycles. The van der Waals surface area contributed by atoms with Crippen LogP contribution in [0.3, 0.4) is 0 Å². The van der Waals surface area contributed by atoms with Gasteiger partial charge in [0.05, 0.1) is 12.1 Å². The number of hydrogen-bond donors (Lipinski definition) is 0. The van der Waals surface area contributed by atoms with E-state index in [1.807, 2.05) is 54.6 Å². The van der Waals surface area contributed by atoms with Gasteiger partial charge in [-0.1, -0.05) is 48.0 Å². The van der Waals surface area contributed by atoms with Crippen LogP contribution >= 0.6 is 11.6 Å². The van der Waals surface area contributed by atoms with E-state index in [1.54, 1.807) is 4.90 Å². The van der Waals surface area contributed by atoms with Crippen LogP contribution in [0.4, 0.5) is 0 Å². The number of carbonyl (C=O) groups excluding carboxylic acids is 1. The summed E-state index contributed by atoms with van der Waals surface area (Å²) in [7, 11) is 0. The van der Waals surface area contributed by atoms with Gasteiger partial charge in [0.1, 0.15) is 6.42 Å². The maximum Gasteiger partial charge on any atom is 0.237 e. The van der Waals surface area contributed by atoms with Crippen LogP contribution in [0.15, 0.2) is 48.5 Å². The molecule has 110 valence electrons. The number of nitrogens with zero attached hydrogens (tertiary/aromatic N) is 2. The number of halogens is 1. The van der Waals surface area contributed by atoms with Crippen LogP contribution in [-0.4, -0.2) is 10.8 Å². The van der Waals surface area contributed by atoms with Crippen molar-refractivity contribution in [2.75, 3.05) is 0 Å². The highest BCUT2D eigenvalue weighted by Crippen LogP contribution is 2.34. The second-order valence-corrected chi connectivity index (χ2v) is 5.84. The maximum absolute atomic E-state index is 12.3. The monoisotopic (exact) mass is 310 g/mol. The summed E-state index contributed by atoms with van der Waals surface area (Å²) < 4.78 is 0. The fourth-order valence-electron chi connectivity index (χ4n) is 2.96. The zero-order valence-electron chi connectivity index (χ0n) is 12.0. The molecule has 3 rings (SSSR count). The van der Waals surface area contributed by atoms with Crippen molar-refractivity contribution in [3.05, 3.63) is 70.2 Å². The predicted octanol–water partition coefficient (Wildman–Crippen LogP) is 3.88. The lowest BCUT2D eigenvalue weighted by Gasteiger charge is -2.37. The SMILES string of the molecule is N#CCC(=O)N1Cc2cc(Cl)ccc2CC1c1ccccc1. The Morgan fingerprint density at radius 3 is 2.73 bits per heavy atom. The first-order valence-corrected chi connectivity index (χ1v) is 7.55. The van der Waals surface area contributed by atoms with E-state index in [-0.39, 0.29) is 18.4 Å². The molecule has 1 unspecified atom stereocenters. The molecule has 0 aromatic heterocycles. The van der Waals surface area contributed by atoms with Crippen LogP contribution in [0.2, 0.25) is 5.02 Å². The molecule has 4 heteroatoms. The molecule has 0 aliphatic carbocycles. The van der Waals surface area contributed by atoms with E-state index in [0.717, 1.165) is 17.5 Å². The third-order valence-corrected chi connectivity index (χ3v) is 4.27. The summed E-state index contributed by atoms with van der Waals surface area (Å²) in [4.78, 5) is 14.1. The molecule has 22 heavy (non-hydrogen) atoms. The first-order chi connectivity index (χ1) is 10.7. The van der Waals surface area contributed by atoms with E-state index in [0.29, 0.717) is 11.6 Å². The summed E-state index contributed by atoms with van der Waals surface area (Å²) in [5.74, 6) is -0.137. The molecule has 1 heterocycles. The standard InChI is InChI=1S/C18H15ClN2O/c19-16-7-6-14-11-17(13-4-2-1-3-5-13)21(12-15(14)10-16)18(22)8-9-20/h1-7,10,17H,8,11-12H2. The van der Waals surface area contributed by atoms with Crippen molar-refractivity contribution in [3.63, 3.8) is 0 Å². The second kappa shape index (κ2) is 6.21. The summed E-state index contributed by atoms with van der Waals surface area (Å²) in [6, 6.07) is 17.7. The molecule has 1 atom stereocenters. The molecular formula is C18H15ClN2O. The topological polar surface area (TPSA) is 44.1 Å². The molecule has 0 bridgehead atoms. The van der Waals surface area contributed by atoms with E-state index in [9.17, 15) is 4.79 Å². The van der Waals surface area contributed by atoms with Gasteiger partial charge in [-0.25, -0.2) is 0 Å². The van der Waals surface area contributed by atoms with Crippen molar-refractivity contribution in [1.82, 2.24) is 4.90 Å². The number of fused-ring (bicyclic) bond motifs is 1. The fraction of sp³-hybridized carbons (Fsp3) is 0.222. The van der Waals surface area contributed by atoms with E-state index >= 15 is 0 Å². The highest BCUT2D eigenvalue weighted by Gasteiger charge is 2.30. The molecular weight excluding hydrogens is 296 g/mol. The van der Waals surface area contributed by atoms with Crippen molar-refractivity contribution in [2.45, 2.75) is 25.4 Å². The minimum Gasteiger partial charge on any atom is -0.330 e. The lowest BCUT2D eigenvalue weighted by atomic mass is 9.89. The van der Waals surface area contributed by atoms with Crippen molar-refractivity contribution >= 4 is 17.5 Å². The minimum atomic E-state index is -0.137. The lowest BCUT2D eigenvalue weighted by molar-refractivity contribution is -0.133. The van der Waals surface area contributed by atoms with Gasteiger partial charge in [0.15, 0.2) is 0 Å². The summed E-state index contributed by atoms with van der Waals surface area (Å²) in [6.45, 7) is 0.496. The Kier molecular flexibility index (Phi) is 4.13. The second-order valence-electron chi connectivity index (χ2n) is 5.40. The average molecular weight is 311 g/mol. The molecule has 0 spiro atoms. The summed E-state index contributed by atoms with van der Waals surface area (Å²) >= 11 is 6.06. The fourth-order valence-corrected chi connectivity index (χ4v) is 3.15. The zero-order chi connectivity index (χ0) is 15.5. The Hall–Kier alpha value is -2.31. The number of amides is 1. The Balaban J connectivity index is 2.00. The van der Waals surface area contributed by atoms with Crippen LogP contribution in [-0.2, 0) is 17.8 Å². The van der Waals surface area contributed by atoms with Crippen LogP contribution in [0, 0.1) is 11.3 Å². The van der Waals surface area contributed by atoms with Gasteiger partial charge in [-0.15, -0.1) is 0 Å².